The maximum absolute atomic E-state index is 10.6. The molecule has 0 fully saturated rings. The Labute approximate surface area is 104 Å². The molecule has 17 heavy (non-hydrogen) atoms. The van der Waals surface area contributed by atoms with E-state index in [-0.39, 0.29) is 0 Å². The molecule has 0 atom stereocenters. The number of carbonyl (C=O) groups excluding carboxylic acids is 1. The van der Waals surface area contributed by atoms with Gasteiger partial charge in [-0.15, -0.1) is 11.3 Å². The lowest BCUT2D eigenvalue weighted by Crippen LogP contribution is -1.91. The number of thiazole rings is 1. The molecule has 3 nitrogen and oxygen atoms in total. The third-order valence-electron chi connectivity index (χ3n) is 2.64. The van der Waals surface area contributed by atoms with Crippen LogP contribution in [-0.4, -0.2) is 18.4 Å². The second-order valence-electron chi connectivity index (χ2n) is 3.83. The van der Waals surface area contributed by atoms with Gasteiger partial charge in [0.25, 0.3) is 0 Å². The van der Waals surface area contributed by atoms with Gasteiger partial charge in [-0.2, -0.15) is 0 Å². The number of hydrogen-bond donors (Lipinski definition) is 0. The van der Waals surface area contributed by atoms with Gasteiger partial charge in [0.2, 0.25) is 0 Å². The molecular formula is C13H13NO2S. The summed E-state index contributed by atoms with van der Waals surface area (Å²) < 4.78 is 5.27. The number of aryl methyl sites for hydroxylation is 2. The number of carbonyl (C=O) groups is 1. The standard InChI is InChI=1S/C13H13NO2S/c1-8-5-12(16-3)9(2)4-10(8)11-7-17-13(6-15)14-11/h4-7H,1-3H3. The van der Waals surface area contributed by atoms with E-state index in [9.17, 15) is 4.79 Å². The number of hydrogen-bond acceptors (Lipinski definition) is 4. The Balaban J connectivity index is 2.52. The maximum atomic E-state index is 10.6. The van der Waals surface area contributed by atoms with E-state index in [4.69, 9.17) is 4.74 Å². The molecule has 1 aromatic carbocycles. The number of nitrogens with zero attached hydrogens (tertiary/aromatic N) is 1. The van der Waals surface area contributed by atoms with Crippen molar-refractivity contribution in [3.05, 3.63) is 33.6 Å². The first kappa shape index (κ1) is 11.8. The van der Waals surface area contributed by atoms with Gasteiger partial charge in [0.15, 0.2) is 11.3 Å². The average molecular weight is 247 g/mol. The van der Waals surface area contributed by atoms with Crippen LogP contribution >= 0.6 is 11.3 Å². The van der Waals surface area contributed by atoms with Gasteiger partial charge in [-0.3, -0.25) is 4.79 Å². The van der Waals surface area contributed by atoms with Crippen LogP contribution in [-0.2, 0) is 0 Å². The van der Waals surface area contributed by atoms with E-state index in [0.717, 1.165) is 34.4 Å². The van der Waals surface area contributed by atoms with Crippen LogP contribution in [0.2, 0.25) is 0 Å². The van der Waals surface area contributed by atoms with Gasteiger partial charge >= 0.3 is 0 Å². The van der Waals surface area contributed by atoms with Gasteiger partial charge < -0.3 is 4.74 Å². The Kier molecular flexibility index (Phi) is 3.24. The minimum atomic E-state index is 0.507. The van der Waals surface area contributed by atoms with Crippen molar-refractivity contribution in [1.82, 2.24) is 4.98 Å². The Morgan fingerprint density at radius 2 is 2.06 bits per heavy atom. The van der Waals surface area contributed by atoms with Crippen LogP contribution in [0.5, 0.6) is 5.75 Å². The first-order valence-electron chi connectivity index (χ1n) is 5.22. The second kappa shape index (κ2) is 4.67. The molecule has 0 spiro atoms. The molecule has 0 radical (unpaired) electrons. The first-order valence-corrected chi connectivity index (χ1v) is 6.10. The van der Waals surface area contributed by atoms with Crippen LogP contribution in [0.15, 0.2) is 17.5 Å². The SMILES string of the molecule is COc1cc(C)c(-c2csc(C=O)n2)cc1C. The molecule has 0 bridgehead atoms. The van der Waals surface area contributed by atoms with Crippen molar-refractivity contribution >= 4 is 17.6 Å². The van der Waals surface area contributed by atoms with Gasteiger partial charge in [0, 0.05) is 10.9 Å². The average Bonchev–Trinajstić information content (AvgIpc) is 2.80. The zero-order valence-corrected chi connectivity index (χ0v) is 10.8. The normalized spacial score (nSPS) is 10.3. The van der Waals surface area contributed by atoms with Crippen molar-refractivity contribution in [2.24, 2.45) is 0 Å². The minimum absolute atomic E-state index is 0.507. The predicted octanol–water partition coefficient (Wildman–Crippen LogP) is 3.25. The largest absolute Gasteiger partial charge is 0.496 e. The lowest BCUT2D eigenvalue weighted by Gasteiger charge is -2.09. The number of aromatic nitrogens is 1. The lowest BCUT2D eigenvalue weighted by atomic mass is 10.0. The summed E-state index contributed by atoms with van der Waals surface area (Å²) in [5.41, 5.74) is 4.05. The van der Waals surface area contributed by atoms with E-state index in [1.54, 1.807) is 7.11 Å². The number of aldehydes is 1. The number of rotatable bonds is 3. The summed E-state index contributed by atoms with van der Waals surface area (Å²) in [7, 11) is 1.66. The van der Waals surface area contributed by atoms with Crippen LogP contribution in [0.25, 0.3) is 11.3 Å². The van der Waals surface area contributed by atoms with Crippen LogP contribution in [0.1, 0.15) is 20.9 Å². The van der Waals surface area contributed by atoms with Crippen LogP contribution in [0.3, 0.4) is 0 Å². The summed E-state index contributed by atoms with van der Waals surface area (Å²) in [6.45, 7) is 4.01. The van der Waals surface area contributed by atoms with E-state index < -0.39 is 0 Å². The Morgan fingerprint density at radius 1 is 1.29 bits per heavy atom. The molecule has 1 heterocycles. The highest BCUT2D eigenvalue weighted by Gasteiger charge is 2.10. The Hall–Kier alpha value is -1.68. The smallest absolute Gasteiger partial charge is 0.178 e. The fourth-order valence-corrected chi connectivity index (χ4v) is 2.37. The van der Waals surface area contributed by atoms with E-state index in [2.05, 4.69) is 4.98 Å². The van der Waals surface area contributed by atoms with Crippen molar-refractivity contribution in [3.63, 3.8) is 0 Å². The predicted molar refractivity (Wildman–Crippen MR) is 69.0 cm³/mol. The molecule has 0 aliphatic heterocycles. The highest BCUT2D eigenvalue weighted by Crippen LogP contribution is 2.30. The fraction of sp³-hybridized carbons (Fsp3) is 0.231. The summed E-state index contributed by atoms with van der Waals surface area (Å²) in [4.78, 5) is 14.9. The molecule has 0 saturated heterocycles. The summed E-state index contributed by atoms with van der Waals surface area (Å²) in [6.07, 6.45) is 0.778. The molecule has 1 aromatic heterocycles. The van der Waals surface area contributed by atoms with E-state index >= 15 is 0 Å². The molecule has 0 unspecified atom stereocenters. The fourth-order valence-electron chi connectivity index (χ4n) is 1.75. The molecular weight excluding hydrogens is 234 g/mol. The summed E-state index contributed by atoms with van der Waals surface area (Å²) in [5.74, 6) is 0.872. The van der Waals surface area contributed by atoms with Gasteiger partial charge in [-0.1, -0.05) is 0 Å². The van der Waals surface area contributed by atoms with E-state index in [1.807, 2.05) is 31.4 Å². The van der Waals surface area contributed by atoms with Crippen molar-refractivity contribution in [2.75, 3.05) is 7.11 Å². The van der Waals surface area contributed by atoms with Crippen LogP contribution < -0.4 is 4.74 Å². The monoisotopic (exact) mass is 247 g/mol. The van der Waals surface area contributed by atoms with Crippen molar-refractivity contribution < 1.29 is 9.53 Å². The van der Waals surface area contributed by atoms with Gasteiger partial charge in [0.05, 0.1) is 12.8 Å². The molecule has 2 aromatic rings. The highest BCUT2D eigenvalue weighted by molar-refractivity contribution is 7.11. The Bertz CT molecular complexity index is 561. The second-order valence-corrected chi connectivity index (χ2v) is 4.72. The van der Waals surface area contributed by atoms with E-state index in [1.165, 1.54) is 11.3 Å². The lowest BCUT2D eigenvalue weighted by molar-refractivity contribution is 0.112. The molecule has 0 amide bonds. The third kappa shape index (κ3) is 2.22. The molecule has 4 heteroatoms. The number of benzene rings is 1. The van der Waals surface area contributed by atoms with E-state index in [0.29, 0.717) is 5.01 Å². The third-order valence-corrected chi connectivity index (χ3v) is 3.41. The molecule has 88 valence electrons. The molecule has 0 saturated carbocycles. The zero-order valence-electron chi connectivity index (χ0n) is 9.98. The summed E-state index contributed by atoms with van der Waals surface area (Å²) in [5, 5.41) is 2.41. The molecule has 0 N–H and O–H groups in total. The van der Waals surface area contributed by atoms with Gasteiger partial charge in [-0.05, 0) is 37.1 Å². The van der Waals surface area contributed by atoms with Gasteiger partial charge in [0.1, 0.15) is 5.75 Å². The van der Waals surface area contributed by atoms with Crippen molar-refractivity contribution in [2.45, 2.75) is 13.8 Å². The minimum Gasteiger partial charge on any atom is -0.496 e. The quantitative estimate of drug-likeness (QED) is 0.781. The van der Waals surface area contributed by atoms with Crippen molar-refractivity contribution in [1.29, 1.82) is 0 Å². The summed E-state index contributed by atoms with van der Waals surface area (Å²) in [6, 6.07) is 4.03. The van der Waals surface area contributed by atoms with Crippen molar-refractivity contribution in [3.8, 4) is 17.0 Å². The number of methoxy groups -OCH3 is 1. The first-order chi connectivity index (χ1) is 8.15. The van der Waals surface area contributed by atoms with Gasteiger partial charge in [-0.25, -0.2) is 4.98 Å². The Morgan fingerprint density at radius 3 is 2.65 bits per heavy atom. The zero-order chi connectivity index (χ0) is 12.4. The molecule has 0 aliphatic carbocycles. The maximum Gasteiger partial charge on any atom is 0.178 e. The van der Waals surface area contributed by atoms with Crippen LogP contribution in [0.4, 0.5) is 0 Å². The van der Waals surface area contributed by atoms with Crippen LogP contribution in [0, 0.1) is 13.8 Å². The molecule has 2 rings (SSSR count). The summed E-state index contributed by atoms with van der Waals surface area (Å²) >= 11 is 1.36. The highest BCUT2D eigenvalue weighted by atomic mass is 32.1. The topological polar surface area (TPSA) is 39.2 Å². The molecule has 0 aliphatic rings. The number of ether oxygens (including phenoxy) is 1.